The molecule has 0 aromatic carbocycles. The van der Waals surface area contributed by atoms with Gasteiger partial charge in [-0.2, -0.15) is 0 Å². The SMILES string of the molecule is CC(=O)C(=C=O)C(=O)O. The smallest absolute Gasteiger partial charge is 0.350 e. The Balaban J connectivity index is 4.59. The van der Waals surface area contributed by atoms with Crippen molar-refractivity contribution in [3.05, 3.63) is 5.57 Å². The van der Waals surface area contributed by atoms with Gasteiger partial charge in [0.15, 0.2) is 11.4 Å². The van der Waals surface area contributed by atoms with Crippen molar-refractivity contribution in [3.63, 3.8) is 0 Å². The third kappa shape index (κ3) is 1.88. The largest absolute Gasteiger partial charge is 0.477 e. The van der Waals surface area contributed by atoms with Crippen molar-refractivity contribution in [2.24, 2.45) is 0 Å². The molecule has 0 unspecified atom stereocenters. The number of rotatable bonds is 2. The molecule has 4 heteroatoms. The molecule has 9 heavy (non-hydrogen) atoms. The lowest BCUT2D eigenvalue weighted by molar-refractivity contribution is -0.134. The van der Waals surface area contributed by atoms with Crippen LogP contribution in [0.2, 0.25) is 0 Å². The number of carboxylic acid groups (broad SMARTS) is 1. The summed E-state index contributed by atoms with van der Waals surface area (Å²) in [6.45, 7) is 0.994. The van der Waals surface area contributed by atoms with E-state index in [1.54, 1.807) is 0 Å². The number of aliphatic carboxylic acids is 1. The molecule has 0 rings (SSSR count). The van der Waals surface area contributed by atoms with Crippen LogP contribution in [0.3, 0.4) is 0 Å². The molecule has 0 aromatic heterocycles. The molecule has 0 fully saturated rings. The van der Waals surface area contributed by atoms with Crippen LogP contribution in [0.25, 0.3) is 0 Å². The number of carbonyl (C=O) groups excluding carboxylic acids is 2. The van der Waals surface area contributed by atoms with Gasteiger partial charge in [-0.15, -0.1) is 0 Å². The van der Waals surface area contributed by atoms with Crippen LogP contribution >= 0.6 is 0 Å². The van der Waals surface area contributed by atoms with E-state index in [0.717, 1.165) is 12.9 Å². The number of carbonyl (C=O) groups is 2. The molecule has 0 saturated heterocycles. The summed E-state index contributed by atoms with van der Waals surface area (Å²) in [4.78, 5) is 29.6. The lowest BCUT2D eigenvalue weighted by atomic mass is 10.2. The van der Waals surface area contributed by atoms with Crippen molar-refractivity contribution in [1.82, 2.24) is 0 Å². The quantitative estimate of drug-likeness (QED) is 0.233. The molecule has 4 nitrogen and oxygen atoms in total. The first kappa shape index (κ1) is 7.59. The topological polar surface area (TPSA) is 71.4 Å². The van der Waals surface area contributed by atoms with Gasteiger partial charge >= 0.3 is 5.97 Å². The lowest BCUT2D eigenvalue weighted by Gasteiger charge is -1.84. The Morgan fingerprint density at radius 3 is 1.89 bits per heavy atom. The molecular weight excluding hydrogens is 124 g/mol. The molecule has 0 aliphatic carbocycles. The standard InChI is InChI=1S/C5H4O4/c1-3(7)4(2-6)5(8)9/h1H3,(H,8,9). The molecule has 0 atom stereocenters. The van der Waals surface area contributed by atoms with Crippen molar-refractivity contribution in [3.8, 4) is 0 Å². The van der Waals surface area contributed by atoms with E-state index in [4.69, 9.17) is 5.11 Å². The zero-order valence-corrected chi connectivity index (χ0v) is 4.67. The van der Waals surface area contributed by atoms with E-state index < -0.39 is 17.3 Å². The Morgan fingerprint density at radius 2 is 1.89 bits per heavy atom. The minimum Gasteiger partial charge on any atom is -0.477 e. The molecular formula is C5H4O4. The molecule has 0 heterocycles. The van der Waals surface area contributed by atoms with Gasteiger partial charge in [0.2, 0.25) is 0 Å². The highest BCUT2D eigenvalue weighted by Gasteiger charge is 2.12. The van der Waals surface area contributed by atoms with Gasteiger partial charge in [-0.3, -0.25) is 4.79 Å². The molecule has 0 saturated carbocycles. The van der Waals surface area contributed by atoms with E-state index in [1.165, 1.54) is 0 Å². The van der Waals surface area contributed by atoms with Gasteiger partial charge in [-0.25, -0.2) is 9.59 Å². The first-order valence-electron chi connectivity index (χ1n) is 2.09. The van der Waals surface area contributed by atoms with Gasteiger partial charge in [0.05, 0.1) is 0 Å². The van der Waals surface area contributed by atoms with Crippen LogP contribution in [-0.2, 0) is 14.4 Å². The minimum atomic E-state index is -1.53. The normalized spacial score (nSPS) is 7.67. The van der Waals surface area contributed by atoms with Crippen LogP contribution < -0.4 is 0 Å². The number of ketones is 1. The van der Waals surface area contributed by atoms with Crippen molar-refractivity contribution in [2.75, 3.05) is 0 Å². The summed E-state index contributed by atoms with van der Waals surface area (Å²) in [5.74, 6) is -1.29. The summed E-state index contributed by atoms with van der Waals surface area (Å²) in [6, 6.07) is 0. The Hall–Kier alpha value is -1.41. The highest BCUT2D eigenvalue weighted by molar-refractivity contribution is 6.21. The highest BCUT2D eigenvalue weighted by Crippen LogP contribution is 1.87. The van der Waals surface area contributed by atoms with Gasteiger partial charge in [-0.1, -0.05) is 0 Å². The maximum absolute atomic E-state index is 10.1. The van der Waals surface area contributed by atoms with Crippen molar-refractivity contribution < 1.29 is 19.5 Å². The van der Waals surface area contributed by atoms with E-state index in [1.807, 2.05) is 0 Å². The number of hydrogen-bond donors (Lipinski definition) is 1. The first-order valence-corrected chi connectivity index (χ1v) is 2.09. The minimum absolute atomic E-state index is 0.780. The Morgan fingerprint density at radius 1 is 1.44 bits per heavy atom. The van der Waals surface area contributed by atoms with Gasteiger partial charge in [0.25, 0.3) is 0 Å². The maximum Gasteiger partial charge on any atom is 0.350 e. The second kappa shape index (κ2) is 2.79. The Bertz CT molecular complexity index is 181. The lowest BCUT2D eigenvalue weighted by Crippen LogP contribution is -2.08. The summed E-state index contributed by atoms with van der Waals surface area (Å²) in [6.07, 6.45) is 0. The molecule has 0 aliphatic rings. The van der Waals surface area contributed by atoms with Gasteiger partial charge < -0.3 is 5.11 Å². The van der Waals surface area contributed by atoms with Crippen LogP contribution in [0.5, 0.6) is 0 Å². The van der Waals surface area contributed by atoms with Gasteiger partial charge in [0, 0.05) is 6.92 Å². The average Bonchev–Trinajstić information content (AvgIpc) is 1.64. The second-order valence-corrected chi connectivity index (χ2v) is 1.34. The van der Waals surface area contributed by atoms with Crippen LogP contribution in [0.15, 0.2) is 5.57 Å². The summed E-state index contributed by atoms with van der Waals surface area (Å²) < 4.78 is 0. The van der Waals surface area contributed by atoms with Crippen LogP contribution in [0.1, 0.15) is 6.92 Å². The fourth-order valence-electron chi connectivity index (χ4n) is 0.266. The van der Waals surface area contributed by atoms with Crippen molar-refractivity contribution in [1.29, 1.82) is 0 Å². The van der Waals surface area contributed by atoms with E-state index in [2.05, 4.69) is 0 Å². The van der Waals surface area contributed by atoms with E-state index in [9.17, 15) is 14.4 Å². The predicted octanol–water partition coefficient (Wildman–Crippen LogP) is -0.582. The molecule has 48 valence electrons. The number of hydrogen-bond acceptors (Lipinski definition) is 3. The maximum atomic E-state index is 10.1. The second-order valence-electron chi connectivity index (χ2n) is 1.34. The van der Waals surface area contributed by atoms with Gasteiger partial charge in [-0.05, 0) is 0 Å². The fraction of sp³-hybridized carbons (Fsp3) is 0.200. The number of Topliss-reactive ketones (excluding diaryl/α,β-unsaturated/α-hetero) is 1. The molecule has 0 aromatic rings. The van der Waals surface area contributed by atoms with E-state index in [-0.39, 0.29) is 0 Å². The molecule has 0 spiro atoms. The zero-order valence-electron chi connectivity index (χ0n) is 4.67. The summed E-state index contributed by atoms with van der Waals surface area (Å²) in [7, 11) is 0. The first-order chi connectivity index (χ1) is 4.09. The average molecular weight is 128 g/mol. The Labute approximate surface area is 50.8 Å². The van der Waals surface area contributed by atoms with Crippen LogP contribution in [0, 0.1) is 0 Å². The summed E-state index contributed by atoms with van der Waals surface area (Å²) >= 11 is 0. The van der Waals surface area contributed by atoms with Gasteiger partial charge in [0.1, 0.15) is 5.94 Å². The predicted molar refractivity (Wildman–Crippen MR) is 27.5 cm³/mol. The Kier molecular flexibility index (Phi) is 2.35. The van der Waals surface area contributed by atoms with E-state index >= 15 is 0 Å². The monoisotopic (exact) mass is 128 g/mol. The molecule has 0 bridgehead atoms. The summed E-state index contributed by atoms with van der Waals surface area (Å²) in [5.41, 5.74) is -0.838. The zero-order chi connectivity index (χ0) is 7.44. The molecule has 0 aliphatic heterocycles. The highest BCUT2D eigenvalue weighted by atomic mass is 16.4. The van der Waals surface area contributed by atoms with Crippen LogP contribution in [0.4, 0.5) is 0 Å². The van der Waals surface area contributed by atoms with Crippen molar-refractivity contribution >= 4 is 17.7 Å². The molecule has 1 N–H and O–H groups in total. The number of carboxylic acids is 1. The molecule has 0 radical (unpaired) electrons. The third-order valence-electron chi connectivity index (χ3n) is 0.668. The third-order valence-corrected chi connectivity index (χ3v) is 0.668. The van der Waals surface area contributed by atoms with E-state index in [0.29, 0.717) is 0 Å². The van der Waals surface area contributed by atoms with Crippen molar-refractivity contribution in [2.45, 2.75) is 6.92 Å². The molecule has 0 amide bonds. The summed E-state index contributed by atoms with van der Waals surface area (Å²) in [5, 5.41) is 8.02. The fourth-order valence-corrected chi connectivity index (χ4v) is 0.266. The van der Waals surface area contributed by atoms with Crippen LogP contribution in [-0.4, -0.2) is 22.8 Å².